The standard InChI is InChI=1S/C21H28N2O5S2/c1-4-17(15-16-11-7-5-8-12-16)21(2,19(22)24)20(29(3,25)26)23-30(27,28)18-13-9-6-10-14-18/h5-14,17,20,23H,4,15H2,1-3H3,(H2,22,24). The van der Waals surface area contributed by atoms with Gasteiger partial charge in [0.05, 0.1) is 10.3 Å². The predicted molar refractivity (Wildman–Crippen MR) is 117 cm³/mol. The Morgan fingerprint density at radius 2 is 1.50 bits per heavy atom. The first-order valence-corrected chi connectivity index (χ1v) is 13.0. The number of rotatable bonds is 10. The molecule has 7 nitrogen and oxygen atoms in total. The van der Waals surface area contributed by atoms with E-state index in [4.69, 9.17) is 5.73 Å². The van der Waals surface area contributed by atoms with E-state index in [2.05, 4.69) is 4.72 Å². The van der Waals surface area contributed by atoms with Gasteiger partial charge >= 0.3 is 0 Å². The Kier molecular flexibility index (Phi) is 7.44. The number of hydrogen-bond donors (Lipinski definition) is 2. The molecule has 0 aliphatic rings. The molecule has 3 atom stereocenters. The quantitative estimate of drug-likeness (QED) is 0.571. The lowest BCUT2D eigenvalue weighted by Crippen LogP contribution is -2.59. The number of nitrogens with one attached hydrogen (secondary N) is 1. The van der Waals surface area contributed by atoms with Gasteiger partial charge in [-0.1, -0.05) is 61.9 Å². The number of carbonyl (C=O) groups excluding carboxylic acids is 1. The van der Waals surface area contributed by atoms with Crippen molar-refractivity contribution in [1.29, 1.82) is 0 Å². The van der Waals surface area contributed by atoms with Gasteiger partial charge < -0.3 is 5.73 Å². The first kappa shape index (κ1) is 24.0. The molecule has 9 heteroatoms. The zero-order valence-corrected chi connectivity index (χ0v) is 18.9. The first-order chi connectivity index (χ1) is 13.9. The molecule has 2 aromatic carbocycles. The van der Waals surface area contributed by atoms with E-state index in [9.17, 15) is 21.6 Å². The molecular weight excluding hydrogens is 424 g/mol. The van der Waals surface area contributed by atoms with Crippen LogP contribution in [0.1, 0.15) is 25.8 Å². The van der Waals surface area contributed by atoms with Crippen molar-refractivity contribution in [2.45, 2.75) is 37.0 Å². The van der Waals surface area contributed by atoms with Crippen LogP contribution in [0.3, 0.4) is 0 Å². The number of nitrogens with two attached hydrogens (primary N) is 1. The fraction of sp³-hybridized carbons (Fsp3) is 0.381. The van der Waals surface area contributed by atoms with Crippen molar-refractivity contribution in [1.82, 2.24) is 4.72 Å². The van der Waals surface area contributed by atoms with Crippen LogP contribution in [0, 0.1) is 11.3 Å². The second-order valence-corrected chi connectivity index (χ2v) is 11.4. The summed E-state index contributed by atoms with van der Waals surface area (Å²) in [4.78, 5) is 12.5. The fourth-order valence-electron chi connectivity index (χ4n) is 3.69. The zero-order valence-electron chi connectivity index (χ0n) is 17.3. The van der Waals surface area contributed by atoms with E-state index < -0.39 is 42.5 Å². The molecule has 3 N–H and O–H groups in total. The lowest BCUT2D eigenvalue weighted by molar-refractivity contribution is -0.130. The van der Waals surface area contributed by atoms with Gasteiger partial charge in [0.25, 0.3) is 0 Å². The zero-order chi connectivity index (χ0) is 22.6. The maximum absolute atomic E-state index is 12.9. The monoisotopic (exact) mass is 452 g/mol. The average molecular weight is 453 g/mol. The molecule has 164 valence electrons. The van der Waals surface area contributed by atoms with Crippen molar-refractivity contribution in [2.24, 2.45) is 17.1 Å². The van der Waals surface area contributed by atoms with Gasteiger partial charge in [-0.25, -0.2) is 16.8 Å². The minimum atomic E-state index is -4.21. The van der Waals surface area contributed by atoms with Crippen LogP contribution < -0.4 is 10.5 Å². The Morgan fingerprint density at radius 1 is 1.00 bits per heavy atom. The van der Waals surface area contributed by atoms with Gasteiger partial charge in [0.15, 0.2) is 9.84 Å². The highest BCUT2D eigenvalue weighted by Gasteiger charge is 2.51. The first-order valence-electron chi connectivity index (χ1n) is 9.53. The van der Waals surface area contributed by atoms with Crippen LogP contribution >= 0.6 is 0 Å². The molecule has 0 saturated heterocycles. The Morgan fingerprint density at radius 3 is 1.93 bits per heavy atom. The Bertz CT molecular complexity index is 1070. The highest BCUT2D eigenvalue weighted by atomic mass is 32.2. The van der Waals surface area contributed by atoms with Gasteiger partial charge in [-0.15, -0.1) is 0 Å². The number of primary amides is 1. The molecule has 2 rings (SSSR count). The third-order valence-corrected chi connectivity index (χ3v) is 8.54. The van der Waals surface area contributed by atoms with Gasteiger partial charge in [-0.2, -0.15) is 4.72 Å². The van der Waals surface area contributed by atoms with E-state index >= 15 is 0 Å². The summed E-state index contributed by atoms with van der Waals surface area (Å²) in [7, 11) is -8.26. The number of benzene rings is 2. The second kappa shape index (κ2) is 9.28. The highest BCUT2D eigenvalue weighted by molar-refractivity contribution is 7.94. The molecule has 0 aromatic heterocycles. The van der Waals surface area contributed by atoms with E-state index in [-0.39, 0.29) is 4.90 Å². The van der Waals surface area contributed by atoms with Gasteiger partial charge in [-0.3, -0.25) is 4.79 Å². The number of carbonyl (C=O) groups is 1. The maximum atomic E-state index is 12.9. The summed E-state index contributed by atoms with van der Waals surface area (Å²) in [6, 6.07) is 16.7. The SMILES string of the molecule is CCC(Cc1ccccc1)C(C)(C(N)=O)C(NS(=O)(=O)c1ccccc1)S(C)(=O)=O. The van der Waals surface area contributed by atoms with Crippen LogP contribution in [0.15, 0.2) is 65.6 Å². The van der Waals surface area contributed by atoms with Crippen LogP contribution in [0.5, 0.6) is 0 Å². The summed E-state index contributed by atoms with van der Waals surface area (Å²) < 4.78 is 53.5. The summed E-state index contributed by atoms with van der Waals surface area (Å²) in [6.07, 6.45) is 1.70. The normalized spacial score (nSPS) is 16.4. The smallest absolute Gasteiger partial charge is 0.241 e. The summed E-state index contributed by atoms with van der Waals surface area (Å²) in [6.45, 7) is 3.24. The molecule has 0 spiro atoms. The topological polar surface area (TPSA) is 123 Å². The summed E-state index contributed by atoms with van der Waals surface area (Å²) in [5.41, 5.74) is 4.94. The van der Waals surface area contributed by atoms with Crippen molar-refractivity contribution in [3.8, 4) is 0 Å². The summed E-state index contributed by atoms with van der Waals surface area (Å²) in [5.74, 6) is -1.40. The Labute approximate surface area is 178 Å². The van der Waals surface area contributed by atoms with E-state index in [1.165, 1.54) is 31.2 Å². The molecule has 30 heavy (non-hydrogen) atoms. The minimum absolute atomic E-state index is 0.0958. The number of amides is 1. The number of hydrogen-bond acceptors (Lipinski definition) is 5. The fourth-order valence-corrected chi connectivity index (χ4v) is 7.14. The summed E-state index contributed by atoms with van der Waals surface area (Å²) in [5, 5.41) is -1.72. The molecule has 0 aliphatic heterocycles. The van der Waals surface area contributed by atoms with Crippen molar-refractivity contribution in [2.75, 3.05) is 6.26 Å². The molecule has 0 aliphatic carbocycles. The average Bonchev–Trinajstić information content (AvgIpc) is 2.70. The van der Waals surface area contributed by atoms with Gasteiger partial charge in [0, 0.05) is 6.26 Å². The Balaban J connectivity index is 2.55. The molecule has 0 radical (unpaired) electrons. The van der Waals surface area contributed by atoms with Crippen LogP contribution in [-0.4, -0.2) is 34.4 Å². The minimum Gasteiger partial charge on any atom is -0.369 e. The van der Waals surface area contributed by atoms with Gasteiger partial charge in [0.1, 0.15) is 5.37 Å². The highest BCUT2D eigenvalue weighted by Crippen LogP contribution is 2.38. The lowest BCUT2D eigenvalue weighted by Gasteiger charge is -2.40. The summed E-state index contributed by atoms with van der Waals surface area (Å²) >= 11 is 0. The van der Waals surface area contributed by atoms with Crippen molar-refractivity contribution < 1.29 is 21.6 Å². The predicted octanol–water partition coefficient (Wildman–Crippen LogP) is 2.10. The number of sulfone groups is 1. The third-order valence-electron chi connectivity index (χ3n) is 5.49. The molecule has 2 aromatic rings. The van der Waals surface area contributed by atoms with Crippen LogP contribution in [-0.2, 0) is 31.1 Å². The molecule has 0 fully saturated rings. The van der Waals surface area contributed by atoms with Crippen molar-refractivity contribution in [3.05, 3.63) is 66.2 Å². The van der Waals surface area contributed by atoms with E-state index in [1.54, 1.807) is 6.07 Å². The molecule has 3 unspecified atom stereocenters. The van der Waals surface area contributed by atoms with Crippen LogP contribution in [0.25, 0.3) is 0 Å². The van der Waals surface area contributed by atoms with Crippen LogP contribution in [0.2, 0.25) is 0 Å². The third kappa shape index (κ3) is 5.27. The molecule has 0 saturated carbocycles. The van der Waals surface area contributed by atoms with Crippen molar-refractivity contribution in [3.63, 3.8) is 0 Å². The molecule has 0 heterocycles. The van der Waals surface area contributed by atoms with Crippen LogP contribution in [0.4, 0.5) is 0 Å². The van der Waals surface area contributed by atoms with Crippen molar-refractivity contribution >= 4 is 25.8 Å². The molecule has 1 amide bonds. The molecular formula is C21H28N2O5S2. The van der Waals surface area contributed by atoms with Gasteiger partial charge in [0.2, 0.25) is 15.9 Å². The van der Waals surface area contributed by atoms with Gasteiger partial charge in [-0.05, 0) is 37.0 Å². The van der Waals surface area contributed by atoms with E-state index in [0.717, 1.165) is 11.8 Å². The van der Waals surface area contributed by atoms with E-state index in [0.29, 0.717) is 12.8 Å². The van der Waals surface area contributed by atoms with E-state index in [1.807, 2.05) is 37.3 Å². The lowest BCUT2D eigenvalue weighted by atomic mass is 9.72. The molecule has 0 bridgehead atoms. The Hall–Kier alpha value is -2.23. The second-order valence-electron chi connectivity index (χ2n) is 7.59. The number of sulfonamides is 1. The largest absolute Gasteiger partial charge is 0.369 e. The maximum Gasteiger partial charge on any atom is 0.241 e.